The summed E-state index contributed by atoms with van der Waals surface area (Å²) >= 11 is 0. The van der Waals surface area contributed by atoms with Gasteiger partial charge in [0, 0.05) is 32.7 Å². The molecule has 1 heterocycles. The summed E-state index contributed by atoms with van der Waals surface area (Å²) in [5.41, 5.74) is 0. The molecule has 0 aromatic rings. The van der Waals surface area contributed by atoms with Gasteiger partial charge in [-0.05, 0) is 90.4 Å². The smallest absolute Gasteiger partial charge is 0.113 e. The minimum Gasteiger partial charge on any atom is -0.378 e. The monoisotopic (exact) mass is 642 g/mol. The highest BCUT2D eigenvalue weighted by atomic mass is 16.5. The number of hydrogen-bond donors (Lipinski definition) is 0. The lowest BCUT2D eigenvalue weighted by Gasteiger charge is -2.39. The molecule has 0 amide bonds. The van der Waals surface area contributed by atoms with E-state index < -0.39 is 0 Å². The van der Waals surface area contributed by atoms with E-state index >= 15 is 0 Å². The standard InChI is InChI=1S/C43H79NO2/c1-4-6-8-10-12-14-16-18-20-22-24-26-28-30-32-34-39-45-42(3)41-43(44-37-36-38-44)46-40-35-33-31-29-27-25-23-21-19-17-15-13-11-9-7-5-2/h12-15,18-21,42-43H,4-11,16-17,22-41H2,1-3H3. The van der Waals surface area contributed by atoms with Crippen molar-refractivity contribution in [2.75, 3.05) is 26.3 Å². The van der Waals surface area contributed by atoms with E-state index in [4.69, 9.17) is 9.47 Å². The largest absolute Gasteiger partial charge is 0.378 e. The number of likely N-dealkylation sites (tertiary alicyclic amines) is 1. The highest BCUT2D eigenvalue weighted by molar-refractivity contribution is 4.93. The second-order valence-electron chi connectivity index (χ2n) is 13.8. The highest BCUT2D eigenvalue weighted by Gasteiger charge is 2.26. The Bertz CT molecular complexity index is 722. The molecule has 3 heteroatoms. The highest BCUT2D eigenvalue weighted by Crippen LogP contribution is 2.19. The Hall–Kier alpha value is -1.16. The normalized spacial score (nSPS) is 15.6. The molecular formula is C43H79NO2. The minimum atomic E-state index is 0.248. The number of hydrogen-bond acceptors (Lipinski definition) is 3. The molecule has 0 saturated carbocycles. The molecule has 0 radical (unpaired) electrons. The van der Waals surface area contributed by atoms with Gasteiger partial charge in [-0.3, -0.25) is 4.90 Å². The molecule has 1 aliphatic rings. The van der Waals surface area contributed by atoms with Crippen LogP contribution in [0.4, 0.5) is 0 Å². The molecule has 1 aliphatic heterocycles. The third-order valence-electron chi connectivity index (χ3n) is 9.23. The molecule has 268 valence electrons. The molecule has 0 N–H and O–H groups in total. The first-order valence-electron chi connectivity index (χ1n) is 20.3. The second-order valence-corrected chi connectivity index (χ2v) is 13.8. The SMILES string of the molecule is CCCCCC=CCC=CCCCCCCCCOC(C)CC(OCCCCCCCCC=CCC=CCCCCC)N1CCC1. The molecule has 2 atom stereocenters. The lowest BCUT2D eigenvalue weighted by molar-refractivity contribution is -0.112. The van der Waals surface area contributed by atoms with Gasteiger partial charge in [-0.2, -0.15) is 0 Å². The first-order valence-corrected chi connectivity index (χ1v) is 20.3. The molecule has 0 aromatic heterocycles. The van der Waals surface area contributed by atoms with Crippen molar-refractivity contribution >= 4 is 0 Å². The molecule has 1 saturated heterocycles. The van der Waals surface area contributed by atoms with Crippen LogP contribution in [0.1, 0.15) is 188 Å². The fraction of sp³-hybridized carbons (Fsp3) is 0.814. The Morgan fingerprint density at radius 2 is 0.870 bits per heavy atom. The first-order chi connectivity index (χ1) is 22.8. The van der Waals surface area contributed by atoms with E-state index in [-0.39, 0.29) is 12.3 Å². The molecule has 0 aliphatic carbocycles. The fourth-order valence-corrected chi connectivity index (χ4v) is 5.99. The zero-order valence-electron chi connectivity index (χ0n) is 31.3. The first kappa shape index (κ1) is 42.9. The maximum atomic E-state index is 6.40. The number of ether oxygens (including phenoxy) is 2. The van der Waals surface area contributed by atoms with Gasteiger partial charge in [-0.1, -0.05) is 140 Å². The third kappa shape index (κ3) is 29.0. The van der Waals surface area contributed by atoms with Gasteiger partial charge in [0.2, 0.25) is 0 Å². The summed E-state index contributed by atoms with van der Waals surface area (Å²) in [7, 11) is 0. The minimum absolute atomic E-state index is 0.248. The summed E-state index contributed by atoms with van der Waals surface area (Å²) < 4.78 is 12.6. The molecule has 0 bridgehead atoms. The lowest BCUT2D eigenvalue weighted by Crippen LogP contribution is -2.48. The summed E-state index contributed by atoms with van der Waals surface area (Å²) in [4.78, 5) is 2.51. The molecular weight excluding hydrogens is 562 g/mol. The maximum absolute atomic E-state index is 6.40. The Morgan fingerprint density at radius 1 is 0.478 bits per heavy atom. The van der Waals surface area contributed by atoms with E-state index in [0.717, 1.165) is 32.5 Å². The third-order valence-corrected chi connectivity index (χ3v) is 9.23. The molecule has 2 unspecified atom stereocenters. The van der Waals surface area contributed by atoms with Crippen molar-refractivity contribution in [3.8, 4) is 0 Å². The average Bonchev–Trinajstić information content (AvgIpc) is 3.03. The van der Waals surface area contributed by atoms with Gasteiger partial charge in [0.1, 0.15) is 6.23 Å². The van der Waals surface area contributed by atoms with Crippen LogP contribution in [0.3, 0.4) is 0 Å². The molecule has 1 rings (SSSR count). The summed E-state index contributed by atoms with van der Waals surface area (Å²) in [6.07, 6.45) is 52.6. The van der Waals surface area contributed by atoms with Crippen molar-refractivity contribution in [2.24, 2.45) is 0 Å². The predicted molar refractivity (Wildman–Crippen MR) is 205 cm³/mol. The second kappa shape index (κ2) is 35.2. The van der Waals surface area contributed by atoms with Crippen molar-refractivity contribution in [2.45, 2.75) is 200 Å². The van der Waals surface area contributed by atoms with Gasteiger partial charge < -0.3 is 9.47 Å². The van der Waals surface area contributed by atoms with Gasteiger partial charge in [0.05, 0.1) is 6.10 Å². The van der Waals surface area contributed by atoms with E-state index in [0.29, 0.717) is 0 Å². The zero-order valence-corrected chi connectivity index (χ0v) is 31.3. The Labute approximate surface area is 288 Å². The van der Waals surface area contributed by atoms with Crippen molar-refractivity contribution in [1.29, 1.82) is 0 Å². The van der Waals surface area contributed by atoms with Crippen molar-refractivity contribution in [1.82, 2.24) is 4.90 Å². The zero-order chi connectivity index (χ0) is 33.0. The molecule has 46 heavy (non-hydrogen) atoms. The van der Waals surface area contributed by atoms with Crippen LogP contribution in [0, 0.1) is 0 Å². The Balaban J connectivity index is 1.94. The van der Waals surface area contributed by atoms with Crippen LogP contribution in [0.2, 0.25) is 0 Å². The van der Waals surface area contributed by atoms with Crippen LogP contribution < -0.4 is 0 Å². The van der Waals surface area contributed by atoms with Crippen LogP contribution >= 0.6 is 0 Å². The van der Waals surface area contributed by atoms with Gasteiger partial charge in [-0.15, -0.1) is 0 Å². The predicted octanol–water partition coefficient (Wildman–Crippen LogP) is 13.5. The van der Waals surface area contributed by atoms with Gasteiger partial charge in [-0.25, -0.2) is 0 Å². The van der Waals surface area contributed by atoms with Crippen LogP contribution in [0.5, 0.6) is 0 Å². The lowest BCUT2D eigenvalue weighted by atomic mass is 10.1. The van der Waals surface area contributed by atoms with Gasteiger partial charge in [0.25, 0.3) is 0 Å². The topological polar surface area (TPSA) is 21.7 Å². The van der Waals surface area contributed by atoms with Crippen LogP contribution in [-0.2, 0) is 9.47 Å². The maximum Gasteiger partial charge on any atom is 0.113 e. The van der Waals surface area contributed by atoms with Gasteiger partial charge >= 0.3 is 0 Å². The average molecular weight is 642 g/mol. The fourth-order valence-electron chi connectivity index (χ4n) is 5.99. The van der Waals surface area contributed by atoms with E-state index in [2.05, 4.69) is 74.3 Å². The number of unbranched alkanes of at least 4 members (excludes halogenated alkanes) is 18. The van der Waals surface area contributed by atoms with Crippen molar-refractivity contribution in [3.63, 3.8) is 0 Å². The molecule has 3 nitrogen and oxygen atoms in total. The molecule has 0 spiro atoms. The van der Waals surface area contributed by atoms with E-state index in [1.54, 1.807) is 0 Å². The number of nitrogens with zero attached hydrogens (tertiary/aromatic N) is 1. The Kier molecular flexibility index (Phi) is 32.8. The van der Waals surface area contributed by atoms with Crippen LogP contribution in [0.25, 0.3) is 0 Å². The summed E-state index contributed by atoms with van der Waals surface area (Å²) in [5, 5.41) is 0. The van der Waals surface area contributed by atoms with E-state index in [9.17, 15) is 0 Å². The van der Waals surface area contributed by atoms with Crippen LogP contribution in [-0.4, -0.2) is 43.5 Å². The molecule has 1 fully saturated rings. The number of allylic oxidation sites excluding steroid dienone is 8. The van der Waals surface area contributed by atoms with Crippen molar-refractivity contribution < 1.29 is 9.47 Å². The van der Waals surface area contributed by atoms with E-state index in [1.165, 1.54) is 161 Å². The summed E-state index contributed by atoms with van der Waals surface area (Å²) in [5.74, 6) is 0. The van der Waals surface area contributed by atoms with Crippen molar-refractivity contribution in [3.05, 3.63) is 48.6 Å². The Morgan fingerprint density at radius 3 is 1.28 bits per heavy atom. The van der Waals surface area contributed by atoms with E-state index in [1.807, 2.05) is 0 Å². The summed E-state index contributed by atoms with van der Waals surface area (Å²) in [6, 6.07) is 0. The quantitative estimate of drug-likeness (QED) is 0.0508. The van der Waals surface area contributed by atoms with Crippen LogP contribution in [0.15, 0.2) is 48.6 Å². The summed E-state index contributed by atoms with van der Waals surface area (Å²) in [6.45, 7) is 10.9. The molecule has 0 aromatic carbocycles. The van der Waals surface area contributed by atoms with Gasteiger partial charge in [0.15, 0.2) is 0 Å². The number of rotatable bonds is 35.